The first kappa shape index (κ1) is 14.4. The molecule has 0 aromatic rings. The number of hydrogen-bond acceptors (Lipinski definition) is 3. The molecular weight excluding hydrogens is 192 g/mol. The summed E-state index contributed by atoms with van der Waals surface area (Å²) in [6.45, 7) is 6.63. The largest absolute Gasteiger partial charge is 0.463 e. The topological polar surface area (TPSA) is 35.5 Å². The van der Waals surface area contributed by atoms with Crippen molar-refractivity contribution >= 4 is 5.97 Å². The van der Waals surface area contributed by atoms with Gasteiger partial charge in [0.2, 0.25) is 0 Å². The van der Waals surface area contributed by atoms with Gasteiger partial charge in [0.15, 0.2) is 0 Å². The smallest absolute Gasteiger partial charge is 0.302 e. The van der Waals surface area contributed by atoms with Crippen LogP contribution in [0.3, 0.4) is 0 Å². The van der Waals surface area contributed by atoms with Gasteiger partial charge in [0.1, 0.15) is 6.61 Å². The Morgan fingerprint density at radius 1 is 1.20 bits per heavy atom. The first-order chi connectivity index (χ1) is 7.20. The number of ether oxygens (including phenoxy) is 2. The second-order valence-corrected chi connectivity index (χ2v) is 3.74. The van der Waals surface area contributed by atoms with E-state index < -0.39 is 0 Å². The lowest BCUT2D eigenvalue weighted by Gasteiger charge is -2.15. The van der Waals surface area contributed by atoms with Gasteiger partial charge in [0.25, 0.3) is 0 Å². The molecule has 0 aromatic heterocycles. The van der Waals surface area contributed by atoms with Crippen LogP contribution in [0.15, 0.2) is 0 Å². The zero-order valence-electron chi connectivity index (χ0n) is 10.3. The molecule has 0 bridgehead atoms. The molecule has 0 saturated carbocycles. The fraction of sp³-hybridized carbons (Fsp3) is 0.917. The highest BCUT2D eigenvalue weighted by atomic mass is 16.6. The Morgan fingerprint density at radius 2 is 1.93 bits per heavy atom. The van der Waals surface area contributed by atoms with Gasteiger partial charge in [-0.15, -0.1) is 0 Å². The molecule has 0 saturated heterocycles. The average Bonchev–Trinajstić information content (AvgIpc) is 2.21. The molecule has 0 aliphatic rings. The summed E-state index contributed by atoms with van der Waals surface area (Å²) in [5.74, 6) is -0.238. The van der Waals surface area contributed by atoms with Crippen molar-refractivity contribution in [3.05, 3.63) is 0 Å². The van der Waals surface area contributed by atoms with Crippen LogP contribution in [0.5, 0.6) is 0 Å². The number of unbranched alkanes of at least 4 members (excludes halogenated alkanes) is 2. The van der Waals surface area contributed by atoms with E-state index in [2.05, 4.69) is 13.8 Å². The minimum atomic E-state index is -0.238. The first-order valence-corrected chi connectivity index (χ1v) is 5.95. The molecule has 3 nitrogen and oxygen atoms in total. The third-order valence-corrected chi connectivity index (χ3v) is 2.33. The highest BCUT2D eigenvalue weighted by Crippen LogP contribution is 2.09. The molecule has 0 radical (unpaired) electrons. The number of carbonyl (C=O) groups is 1. The second kappa shape index (κ2) is 9.97. The van der Waals surface area contributed by atoms with Crippen molar-refractivity contribution in [1.82, 2.24) is 0 Å². The summed E-state index contributed by atoms with van der Waals surface area (Å²) in [5, 5.41) is 0. The monoisotopic (exact) mass is 216 g/mol. The van der Waals surface area contributed by atoms with Crippen LogP contribution in [0, 0.1) is 0 Å². The van der Waals surface area contributed by atoms with Crippen LogP contribution in [0.1, 0.15) is 52.9 Å². The molecular formula is C12H24O3. The van der Waals surface area contributed by atoms with Crippen molar-refractivity contribution in [2.24, 2.45) is 0 Å². The van der Waals surface area contributed by atoms with Crippen LogP contribution < -0.4 is 0 Å². The molecule has 0 aliphatic carbocycles. The summed E-state index contributed by atoms with van der Waals surface area (Å²) in [7, 11) is 0. The standard InChI is InChI=1S/C12H24O3/c1-4-6-7-8-12(5-2)15-10-9-14-11(3)13/h12H,4-10H2,1-3H3. The second-order valence-electron chi connectivity index (χ2n) is 3.74. The number of esters is 1. The van der Waals surface area contributed by atoms with Crippen LogP contribution in [-0.4, -0.2) is 25.3 Å². The summed E-state index contributed by atoms with van der Waals surface area (Å²) in [6, 6.07) is 0. The van der Waals surface area contributed by atoms with Gasteiger partial charge in [-0.25, -0.2) is 0 Å². The van der Waals surface area contributed by atoms with Crippen LogP contribution in [0.2, 0.25) is 0 Å². The van der Waals surface area contributed by atoms with E-state index in [1.165, 1.54) is 26.2 Å². The fourth-order valence-corrected chi connectivity index (χ4v) is 1.43. The number of hydrogen-bond donors (Lipinski definition) is 0. The summed E-state index contributed by atoms with van der Waals surface area (Å²) >= 11 is 0. The van der Waals surface area contributed by atoms with E-state index in [0.29, 0.717) is 19.3 Å². The summed E-state index contributed by atoms with van der Waals surface area (Å²) in [6.07, 6.45) is 6.21. The molecule has 0 fully saturated rings. The molecule has 0 aliphatic heterocycles. The van der Waals surface area contributed by atoms with Crippen LogP contribution in [-0.2, 0) is 14.3 Å². The van der Waals surface area contributed by atoms with Gasteiger partial charge in [-0.1, -0.05) is 33.1 Å². The van der Waals surface area contributed by atoms with Crippen molar-refractivity contribution in [3.63, 3.8) is 0 Å². The Morgan fingerprint density at radius 3 is 2.47 bits per heavy atom. The lowest BCUT2D eigenvalue weighted by molar-refractivity contribution is -0.143. The SMILES string of the molecule is CCCCCC(CC)OCCOC(C)=O. The third kappa shape index (κ3) is 9.73. The fourth-order valence-electron chi connectivity index (χ4n) is 1.43. The Balaban J connectivity index is 3.39. The molecule has 90 valence electrons. The van der Waals surface area contributed by atoms with E-state index in [0.717, 1.165) is 12.8 Å². The van der Waals surface area contributed by atoms with Crippen molar-refractivity contribution in [2.45, 2.75) is 59.0 Å². The Hall–Kier alpha value is -0.570. The molecule has 0 spiro atoms. The Kier molecular flexibility index (Phi) is 9.59. The van der Waals surface area contributed by atoms with Crippen LogP contribution in [0.4, 0.5) is 0 Å². The summed E-state index contributed by atoms with van der Waals surface area (Å²) in [5.41, 5.74) is 0. The highest BCUT2D eigenvalue weighted by Gasteiger charge is 2.05. The van der Waals surface area contributed by atoms with Crippen LogP contribution >= 0.6 is 0 Å². The minimum absolute atomic E-state index is 0.238. The van der Waals surface area contributed by atoms with Gasteiger partial charge in [0, 0.05) is 6.92 Å². The van der Waals surface area contributed by atoms with Gasteiger partial charge >= 0.3 is 5.97 Å². The summed E-state index contributed by atoms with van der Waals surface area (Å²) < 4.78 is 10.4. The summed E-state index contributed by atoms with van der Waals surface area (Å²) in [4.78, 5) is 10.5. The Labute approximate surface area is 93.1 Å². The van der Waals surface area contributed by atoms with E-state index in [1.54, 1.807) is 0 Å². The van der Waals surface area contributed by atoms with Gasteiger partial charge in [-0.2, -0.15) is 0 Å². The molecule has 0 aromatic carbocycles. The maximum Gasteiger partial charge on any atom is 0.302 e. The van der Waals surface area contributed by atoms with Crippen molar-refractivity contribution in [3.8, 4) is 0 Å². The van der Waals surface area contributed by atoms with Gasteiger partial charge in [-0.05, 0) is 12.8 Å². The van der Waals surface area contributed by atoms with Crippen molar-refractivity contribution in [2.75, 3.05) is 13.2 Å². The van der Waals surface area contributed by atoms with E-state index in [-0.39, 0.29) is 5.97 Å². The molecule has 0 N–H and O–H groups in total. The van der Waals surface area contributed by atoms with E-state index in [4.69, 9.17) is 9.47 Å². The Bertz CT molecular complexity index is 157. The molecule has 1 atom stereocenters. The molecule has 0 heterocycles. The molecule has 0 rings (SSSR count). The minimum Gasteiger partial charge on any atom is -0.463 e. The maximum atomic E-state index is 10.5. The molecule has 1 unspecified atom stereocenters. The third-order valence-electron chi connectivity index (χ3n) is 2.33. The van der Waals surface area contributed by atoms with Gasteiger partial charge in [0.05, 0.1) is 12.7 Å². The zero-order valence-corrected chi connectivity index (χ0v) is 10.3. The lowest BCUT2D eigenvalue weighted by atomic mass is 10.1. The van der Waals surface area contributed by atoms with E-state index in [9.17, 15) is 4.79 Å². The van der Waals surface area contributed by atoms with Crippen molar-refractivity contribution in [1.29, 1.82) is 0 Å². The van der Waals surface area contributed by atoms with Crippen molar-refractivity contribution < 1.29 is 14.3 Å². The van der Waals surface area contributed by atoms with E-state index >= 15 is 0 Å². The number of carbonyl (C=O) groups excluding carboxylic acids is 1. The molecule has 0 amide bonds. The normalized spacial score (nSPS) is 12.5. The highest BCUT2D eigenvalue weighted by molar-refractivity contribution is 5.65. The number of rotatable bonds is 9. The van der Waals surface area contributed by atoms with Crippen LogP contribution in [0.25, 0.3) is 0 Å². The lowest BCUT2D eigenvalue weighted by Crippen LogP contribution is -2.16. The molecule has 3 heteroatoms. The quantitative estimate of drug-likeness (QED) is 0.439. The predicted octanol–water partition coefficient (Wildman–Crippen LogP) is 2.93. The zero-order chi connectivity index (χ0) is 11.5. The van der Waals surface area contributed by atoms with E-state index in [1.807, 2.05) is 0 Å². The maximum absolute atomic E-state index is 10.5. The van der Waals surface area contributed by atoms with Gasteiger partial charge < -0.3 is 9.47 Å². The molecule has 15 heavy (non-hydrogen) atoms. The first-order valence-electron chi connectivity index (χ1n) is 5.95. The predicted molar refractivity (Wildman–Crippen MR) is 60.8 cm³/mol. The van der Waals surface area contributed by atoms with Gasteiger partial charge in [-0.3, -0.25) is 4.79 Å². The average molecular weight is 216 g/mol.